The lowest BCUT2D eigenvalue weighted by Gasteiger charge is -2.04. The molecule has 2 aromatic rings. The Balaban J connectivity index is 2.54. The number of nitrogens with one attached hydrogen (secondary N) is 1. The number of para-hydroxylation sites is 1. The van der Waals surface area contributed by atoms with Crippen molar-refractivity contribution in [2.75, 3.05) is 12.4 Å². The van der Waals surface area contributed by atoms with Crippen LogP contribution in [0.3, 0.4) is 0 Å². The fourth-order valence-electron chi connectivity index (χ4n) is 1.66. The van der Waals surface area contributed by atoms with E-state index in [1.165, 1.54) is 4.80 Å². The highest BCUT2D eigenvalue weighted by Crippen LogP contribution is 2.16. The van der Waals surface area contributed by atoms with Gasteiger partial charge in [0.2, 0.25) is 5.69 Å². The van der Waals surface area contributed by atoms with E-state index in [0.29, 0.717) is 11.5 Å². The van der Waals surface area contributed by atoms with E-state index in [4.69, 9.17) is 5.26 Å². The van der Waals surface area contributed by atoms with E-state index >= 15 is 0 Å². The Kier molecular flexibility index (Phi) is 3.06. The predicted octanol–water partition coefficient (Wildman–Crippen LogP) is 1.74. The number of anilines is 1. The van der Waals surface area contributed by atoms with Gasteiger partial charge < -0.3 is 5.32 Å². The fraction of sp³-hybridized carbons (Fsp3) is 0.250. The second kappa shape index (κ2) is 4.66. The molecule has 0 fully saturated rings. The molecule has 0 spiro atoms. The van der Waals surface area contributed by atoms with Crippen LogP contribution in [-0.2, 0) is 6.42 Å². The third-order valence-electron chi connectivity index (χ3n) is 2.54. The van der Waals surface area contributed by atoms with Crippen molar-refractivity contribution in [3.8, 4) is 11.8 Å². The highest BCUT2D eigenvalue weighted by Gasteiger charge is 2.11. The van der Waals surface area contributed by atoms with Crippen molar-refractivity contribution in [1.29, 1.82) is 5.26 Å². The summed E-state index contributed by atoms with van der Waals surface area (Å²) in [5.41, 5.74) is 2.36. The zero-order chi connectivity index (χ0) is 12.3. The number of rotatable bonds is 3. The second-order valence-corrected chi connectivity index (χ2v) is 3.53. The first-order valence-corrected chi connectivity index (χ1v) is 5.43. The molecule has 0 atom stereocenters. The number of hydrogen-bond donors (Lipinski definition) is 1. The summed E-state index contributed by atoms with van der Waals surface area (Å²) in [5, 5.41) is 20.2. The van der Waals surface area contributed by atoms with Crippen molar-refractivity contribution in [3.63, 3.8) is 0 Å². The minimum Gasteiger partial charge on any atom is -0.369 e. The van der Waals surface area contributed by atoms with Gasteiger partial charge in [-0.1, -0.05) is 25.1 Å². The van der Waals surface area contributed by atoms with E-state index < -0.39 is 0 Å². The van der Waals surface area contributed by atoms with Crippen LogP contribution in [0, 0.1) is 11.3 Å². The average Bonchev–Trinajstić information content (AvgIpc) is 2.81. The normalized spacial score (nSPS) is 9.94. The molecule has 0 unspecified atom stereocenters. The first kappa shape index (κ1) is 11.1. The van der Waals surface area contributed by atoms with E-state index in [0.717, 1.165) is 17.7 Å². The Labute approximate surface area is 99.7 Å². The molecule has 5 heteroatoms. The summed E-state index contributed by atoms with van der Waals surface area (Å²) in [6, 6.07) is 9.91. The molecule has 0 aliphatic heterocycles. The largest absolute Gasteiger partial charge is 0.369 e. The molecule has 0 aliphatic carbocycles. The summed E-state index contributed by atoms with van der Waals surface area (Å²) in [5.74, 6) is 0.499. The second-order valence-electron chi connectivity index (χ2n) is 3.53. The molecule has 1 N–H and O–H groups in total. The highest BCUT2D eigenvalue weighted by atomic mass is 15.5. The minimum atomic E-state index is 0.304. The fourth-order valence-corrected chi connectivity index (χ4v) is 1.66. The summed E-state index contributed by atoms with van der Waals surface area (Å²) < 4.78 is 0. The Morgan fingerprint density at radius 1 is 1.35 bits per heavy atom. The van der Waals surface area contributed by atoms with Crippen LogP contribution in [0.1, 0.15) is 18.2 Å². The maximum absolute atomic E-state index is 8.93. The van der Waals surface area contributed by atoms with Crippen LogP contribution in [-0.4, -0.2) is 22.0 Å². The summed E-state index contributed by atoms with van der Waals surface area (Å²) in [4.78, 5) is 1.50. The predicted molar refractivity (Wildman–Crippen MR) is 65.0 cm³/mol. The molecule has 17 heavy (non-hydrogen) atoms. The third kappa shape index (κ3) is 1.97. The number of nitriles is 1. The van der Waals surface area contributed by atoms with Crippen molar-refractivity contribution in [1.82, 2.24) is 15.0 Å². The summed E-state index contributed by atoms with van der Waals surface area (Å²) in [7, 11) is 1.72. The lowest BCUT2D eigenvalue weighted by molar-refractivity contribution is 0.741. The Morgan fingerprint density at radius 3 is 2.71 bits per heavy atom. The van der Waals surface area contributed by atoms with Gasteiger partial charge >= 0.3 is 0 Å². The van der Waals surface area contributed by atoms with Crippen LogP contribution in [0.2, 0.25) is 0 Å². The van der Waals surface area contributed by atoms with Gasteiger partial charge in [-0.15, -0.1) is 15.0 Å². The molecule has 0 bridgehead atoms. The topological polar surface area (TPSA) is 66.5 Å². The van der Waals surface area contributed by atoms with Gasteiger partial charge in [0.15, 0.2) is 5.82 Å². The first-order chi connectivity index (χ1) is 8.30. The van der Waals surface area contributed by atoms with Gasteiger partial charge in [-0.2, -0.15) is 5.26 Å². The summed E-state index contributed by atoms with van der Waals surface area (Å²) in [6.07, 6.45) is 0.897. The van der Waals surface area contributed by atoms with Crippen LogP contribution in [0.5, 0.6) is 0 Å². The lowest BCUT2D eigenvalue weighted by atomic mass is 10.1. The third-order valence-corrected chi connectivity index (χ3v) is 2.54. The maximum atomic E-state index is 8.93. The zero-order valence-corrected chi connectivity index (χ0v) is 9.81. The van der Waals surface area contributed by atoms with Gasteiger partial charge in [-0.25, -0.2) is 0 Å². The maximum Gasteiger partial charge on any atom is 0.207 e. The zero-order valence-electron chi connectivity index (χ0n) is 9.81. The molecule has 86 valence electrons. The first-order valence-electron chi connectivity index (χ1n) is 5.43. The molecule has 0 radical (unpaired) electrons. The van der Waals surface area contributed by atoms with E-state index in [-0.39, 0.29) is 0 Å². The van der Waals surface area contributed by atoms with Crippen LogP contribution in [0.25, 0.3) is 5.69 Å². The van der Waals surface area contributed by atoms with Crippen molar-refractivity contribution in [2.24, 2.45) is 0 Å². The van der Waals surface area contributed by atoms with Crippen molar-refractivity contribution in [2.45, 2.75) is 13.3 Å². The number of aromatic nitrogens is 3. The van der Waals surface area contributed by atoms with Gasteiger partial charge in [0.1, 0.15) is 6.07 Å². The van der Waals surface area contributed by atoms with Crippen LogP contribution < -0.4 is 5.32 Å². The molecule has 2 rings (SSSR count). The molecule has 1 heterocycles. The van der Waals surface area contributed by atoms with Crippen molar-refractivity contribution in [3.05, 3.63) is 35.5 Å². The Hall–Kier alpha value is -2.35. The molecular weight excluding hydrogens is 214 g/mol. The Morgan fingerprint density at radius 2 is 2.12 bits per heavy atom. The lowest BCUT2D eigenvalue weighted by Crippen LogP contribution is -2.03. The number of hydrogen-bond acceptors (Lipinski definition) is 4. The summed E-state index contributed by atoms with van der Waals surface area (Å²) >= 11 is 0. The summed E-state index contributed by atoms with van der Waals surface area (Å²) in [6.45, 7) is 2.08. The quantitative estimate of drug-likeness (QED) is 0.867. The molecule has 0 aliphatic rings. The SMILES string of the molecule is CCc1ccccc1-n1nc(C#N)c(NC)n1. The van der Waals surface area contributed by atoms with E-state index in [9.17, 15) is 0 Å². The smallest absolute Gasteiger partial charge is 0.207 e. The monoisotopic (exact) mass is 227 g/mol. The van der Waals surface area contributed by atoms with Crippen LogP contribution in [0.4, 0.5) is 5.82 Å². The molecule has 0 saturated heterocycles. The number of nitrogens with zero attached hydrogens (tertiary/aromatic N) is 4. The molecule has 0 amide bonds. The van der Waals surface area contributed by atoms with E-state index in [2.05, 4.69) is 22.4 Å². The number of aryl methyl sites for hydroxylation is 1. The van der Waals surface area contributed by atoms with Gasteiger partial charge in [0.25, 0.3) is 0 Å². The minimum absolute atomic E-state index is 0.304. The van der Waals surface area contributed by atoms with Crippen molar-refractivity contribution >= 4 is 5.82 Å². The average molecular weight is 227 g/mol. The molecule has 1 aromatic heterocycles. The van der Waals surface area contributed by atoms with Gasteiger partial charge in [-0.3, -0.25) is 0 Å². The van der Waals surface area contributed by atoms with E-state index in [1.54, 1.807) is 7.05 Å². The standard InChI is InChI=1S/C12H13N5/c1-3-9-6-4-5-7-11(9)17-15-10(8-13)12(14-2)16-17/h4-7H,3H2,1-2H3,(H,14,16). The molecule has 1 aromatic carbocycles. The van der Waals surface area contributed by atoms with E-state index in [1.807, 2.05) is 30.3 Å². The molecular formula is C12H13N5. The van der Waals surface area contributed by atoms with Gasteiger partial charge in [0.05, 0.1) is 5.69 Å². The van der Waals surface area contributed by atoms with Crippen molar-refractivity contribution < 1.29 is 0 Å². The Bertz CT molecular complexity index is 565. The molecule has 5 nitrogen and oxygen atoms in total. The van der Waals surface area contributed by atoms with Gasteiger partial charge in [-0.05, 0) is 18.1 Å². The van der Waals surface area contributed by atoms with Crippen LogP contribution >= 0.6 is 0 Å². The highest BCUT2D eigenvalue weighted by molar-refractivity contribution is 5.48. The van der Waals surface area contributed by atoms with Crippen LogP contribution in [0.15, 0.2) is 24.3 Å². The van der Waals surface area contributed by atoms with Gasteiger partial charge in [0, 0.05) is 7.05 Å². The number of benzene rings is 1. The molecule has 0 saturated carbocycles.